The number of aliphatic hydroxyl groups is 1. The SMILES string of the molecule is CCCC(O)(Oc1ccccc1)C(=O)O. The molecular formula is C11H14O4. The first-order chi connectivity index (χ1) is 7.08. The summed E-state index contributed by atoms with van der Waals surface area (Å²) in [6.07, 6.45) is 0.576. The van der Waals surface area contributed by atoms with Gasteiger partial charge in [-0.2, -0.15) is 0 Å². The first-order valence-corrected chi connectivity index (χ1v) is 4.78. The average molecular weight is 210 g/mol. The van der Waals surface area contributed by atoms with Gasteiger partial charge in [0.05, 0.1) is 0 Å². The molecule has 1 rings (SSSR count). The largest absolute Gasteiger partial charge is 0.476 e. The lowest BCUT2D eigenvalue weighted by Gasteiger charge is -2.23. The summed E-state index contributed by atoms with van der Waals surface area (Å²) in [5, 5.41) is 18.6. The number of carbonyl (C=O) groups is 1. The van der Waals surface area contributed by atoms with Gasteiger partial charge >= 0.3 is 11.8 Å². The Morgan fingerprint density at radius 3 is 2.47 bits per heavy atom. The molecule has 4 nitrogen and oxygen atoms in total. The van der Waals surface area contributed by atoms with Crippen LogP contribution >= 0.6 is 0 Å². The van der Waals surface area contributed by atoms with E-state index in [0.717, 1.165) is 0 Å². The van der Waals surface area contributed by atoms with Crippen molar-refractivity contribution in [3.63, 3.8) is 0 Å². The third kappa shape index (κ3) is 2.95. The van der Waals surface area contributed by atoms with Crippen LogP contribution in [0.4, 0.5) is 0 Å². The lowest BCUT2D eigenvalue weighted by atomic mass is 10.1. The molecule has 0 amide bonds. The van der Waals surface area contributed by atoms with Gasteiger partial charge in [-0.1, -0.05) is 25.1 Å². The molecule has 0 spiro atoms. The monoisotopic (exact) mass is 210 g/mol. The van der Waals surface area contributed by atoms with Crippen molar-refractivity contribution in [3.05, 3.63) is 30.3 Å². The van der Waals surface area contributed by atoms with Crippen LogP contribution in [0.2, 0.25) is 0 Å². The summed E-state index contributed by atoms with van der Waals surface area (Å²) in [6.45, 7) is 1.78. The number of hydrogen-bond acceptors (Lipinski definition) is 3. The van der Waals surface area contributed by atoms with E-state index in [4.69, 9.17) is 9.84 Å². The predicted molar refractivity (Wildman–Crippen MR) is 54.6 cm³/mol. The molecule has 4 heteroatoms. The van der Waals surface area contributed by atoms with E-state index in [2.05, 4.69) is 0 Å². The van der Waals surface area contributed by atoms with Crippen molar-refractivity contribution < 1.29 is 19.7 Å². The Morgan fingerprint density at radius 1 is 1.40 bits per heavy atom. The summed E-state index contributed by atoms with van der Waals surface area (Å²) in [5.74, 6) is -3.15. The molecular weight excluding hydrogens is 196 g/mol. The Balaban J connectivity index is 2.80. The van der Waals surface area contributed by atoms with Crippen LogP contribution in [0.1, 0.15) is 19.8 Å². The van der Waals surface area contributed by atoms with Crippen LogP contribution in [0.5, 0.6) is 5.75 Å². The summed E-state index contributed by atoms with van der Waals surface area (Å²) in [4.78, 5) is 10.8. The Kier molecular flexibility index (Phi) is 3.68. The van der Waals surface area contributed by atoms with Gasteiger partial charge in [0.1, 0.15) is 5.75 Å². The molecule has 1 unspecified atom stereocenters. The summed E-state index contributed by atoms with van der Waals surface area (Å²) < 4.78 is 5.06. The first kappa shape index (κ1) is 11.5. The quantitative estimate of drug-likeness (QED) is 0.725. The molecule has 0 radical (unpaired) electrons. The maximum atomic E-state index is 10.8. The fourth-order valence-electron chi connectivity index (χ4n) is 1.22. The molecule has 0 bridgehead atoms. The van der Waals surface area contributed by atoms with Crippen LogP contribution in [0.15, 0.2) is 30.3 Å². The Hall–Kier alpha value is -1.55. The summed E-state index contributed by atoms with van der Waals surface area (Å²) in [5.41, 5.74) is 0. The van der Waals surface area contributed by atoms with Gasteiger partial charge in [-0.3, -0.25) is 0 Å². The van der Waals surface area contributed by atoms with Crippen molar-refractivity contribution in [2.24, 2.45) is 0 Å². The molecule has 0 aliphatic rings. The van der Waals surface area contributed by atoms with E-state index in [1.165, 1.54) is 0 Å². The first-order valence-electron chi connectivity index (χ1n) is 4.78. The molecule has 15 heavy (non-hydrogen) atoms. The maximum Gasteiger partial charge on any atom is 0.377 e. The number of aliphatic carboxylic acids is 1. The zero-order chi connectivity index (χ0) is 11.3. The minimum atomic E-state index is -2.13. The zero-order valence-electron chi connectivity index (χ0n) is 8.51. The number of para-hydroxylation sites is 1. The van der Waals surface area contributed by atoms with E-state index in [9.17, 15) is 9.90 Å². The van der Waals surface area contributed by atoms with Crippen molar-refractivity contribution in [2.75, 3.05) is 0 Å². The average Bonchev–Trinajstić information content (AvgIpc) is 2.19. The third-order valence-corrected chi connectivity index (χ3v) is 1.95. The smallest absolute Gasteiger partial charge is 0.377 e. The van der Waals surface area contributed by atoms with E-state index in [0.29, 0.717) is 12.2 Å². The van der Waals surface area contributed by atoms with Crippen molar-refractivity contribution >= 4 is 5.97 Å². The molecule has 1 aromatic rings. The van der Waals surface area contributed by atoms with Gasteiger partial charge in [-0.05, 0) is 18.6 Å². The standard InChI is InChI=1S/C11H14O4/c1-2-8-11(14,10(12)13)15-9-6-4-3-5-7-9/h3-7,14H,2,8H2,1H3,(H,12,13). The van der Waals surface area contributed by atoms with Crippen molar-refractivity contribution in [2.45, 2.75) is 25.6 Å². The van der Waals surface area contributed by atoms with Gasteiger partial charge in [0.2, 0.25) is 0 Å². The highest BCUT2D eigenvalue weighted by atomic mass is 16.6. The maximum absolute atomic E-state index is 10.8. The van der Waals surface area contributed by atoms with Crippen molar-refractivity contribution in [3.8, 4) is 5.75 Å². The van der Waals surface area contributed by atoms with E-state index < -0.39 is 11.8 Å². The van der Waals surface area contributed by atoms with Gasteiger partial charge in [-0.25, -0.2) is 4.79 Å². The minimum absolute atomic E-state index is 0.0528. The zero-order valence-corrected chi connectivity index (χ0v) is 8.51. The molecule has 2 N–H and O–H groups in total. The molecule has 0 aromatic heterocycles. The Labute approximate surface area is 88.1 Å². The number of ether oxygens (including phenoxy) is 1. The van der Waals surface area contributed by atoms with E-state index >= 15 is 0 Å². The Bertz CT molecular complexity index is 323. The Morgan fingerprint density at radius 2 is 2.00 bits per heavy atom. The number of hydrogen-bond donors (Lipinski definition) is 2. The second-order valence-corrected chi connectivity index (χ2v) is 3.25. The lowest BCUT2D eigenvalue weighted by Crippen LogP contribution is -2.44. The molecule has 1 aromatic carbocycles. The van der Waals surface area contributed by atoms with Gasteiger partial charge in [0.15, 0.2) is 0 Å². The van der Waals surface area contributed by atoms with E-state index in [1.807, 2.05) is 0 Å². The molecule has 1 atom stereocenters. The van der Waals surface area contributed by atoms with Gasteiger partial charge in [0, 0.05) is 6.42 Å². The lowest BCUT2D eigenvalue weighted by molar-refractivity contribution is -0.195. The third-order valence-electron chi connectivity index (χ3n) is 1.95. The molecule has 0 heterocycles. The molecule has 0 aliphatic carbocycles. The highest BCUT2D eigenvalue weighted by Crippen LogP contribution is 2.20. The molecule has 0 saturated carbocycles. The van der Waals surface area contributed by atoms with Crippen LogP contribution in [0.3, 0.4) is 0 Å². The number of rotatable bonds is 5. The molecule has 0 saturated heterocycles. The fourth-order valence-corrected chi connectivity index (χ4v) is 1.22. The van der Waals surface area contributed by atoms with Gasteiger partial charge < -0.3 is 14.9 Å². The predicted octanol–water partition coefficient (Wildman–Crippen LogP) is 1.64. The van der Waals surface area contributed by atoms with Crippen LogP contribution in [-0.4, -0.2) is 22.0 Å². The fraction of sp³-hybridized carbons (Fsp3) is 0.364. The second kappa shape index (κ2) is 4.79. The summed E-state index contributed by atoms with van der Waals surface area (Å²) in [6, 6.07) is 8.41. The topological polar surface area (TPSA) is 66.8 Å². The van der Waals surface area contributed by atoms with Crippen LogP contribution in [0.25, 0.3) is 0 Å². The summed E-state index contributed by atoms with van der Waals surface area (Å²) in [7, 11) is 0. The van der Waals surface area contributed by atoms with Crippen LogP contribution < -0.4 is 4.74 Å². The highest BCUT2D eigenvalue weighted by Gasteiger charge is 2.37. The van der Waals surface area contributed by atoms with Gasteiger partial charge in [0.25, 0.3) is 0 Å². The minimum Gasteiger partial charge on any atom is -0.476 e. The van der Waals surface area contributed by atoms with E-state index in [1.54, 1.807) is 37.3 Å². The van der Waals surface area contributed by atoms with Gasteiger partial charge in [-0.15, -0.1) is 0 Å². The second-order valence-electron chi connectivity index (χ2n) is 3.25. The van der Waals surface area contributed by atoms with E-state index in [-0.39, 0.29) is 6.42 Å². The number of benzene rings is 1. The number of carboxylic acid groups (broad SMARTS) is 1. The summed E-state index contributed by atoms with van der Waals surface area (Å²) >= 11 is 0. The van der Waals surface area contributed by atoms with Crippen LogP contribution in [0, 0.1) is 0 Å². The van der Waals surface area contributed by atoms with Crippen LogP contribution in [-0.2, 0) is 4.79 Å². The molecule has 0 fully saturated rings. The van der Waals surface area contributed by atoms with Crippen molar-refractivity contribution in [1.29, 1.82) is 0 Å². The molecule has 82 valence electrons. The molecule has 0 aliphatic heterocycles. The normalized spacial score (nSPS) is 14.3. The highest BCUT2D eigenvalue weighted by molar-refractivity contribution is 5.75. The number of carboxylic acids is 1. The van der Waals surface area contributed by atoms with Crippen molar-refractivity contribution in [1.82, 2.24) is 0 Å².